The second-order valence-electron chi connectivity index (χ2n) is 14.0. The first-order valence-electron chi connectivity index (χ1n) is 18.8. The number of aromatic nitrogens is 4. The Hall–Kier alpha value is -7.63. The van der Waals surface area contributed by atoms with Crippen LogP contribution in [0.15, 0.2) is 199 Å². The van der Waals surface area contributed by atoms with Crippen molar-refractivity contribution < 1.29 is 4.42 Å². The molecule has 0 N–H and O–H groups in total. The lowest BCUT2D eigenvalue weighted by Crippen LogP contribution is -2.00. The molecular weight excluding hydrogens is 685 g/mol. The van der Waals surface area contributed by atoms with E-state index in [2.05, 4.69) is 126 Å². The minimum absolute atomic E-state index is 0.583. The highest BCUT2D eigenvalue weighted by Crippen LogP contribution is 2.45. The Morgan fingerprint density at radius 1 is 0.357 bits per heavy atom. The van der Waals surface area contributed by atoms with Gasteiger partial charge in [-0.25, -0.2) is 15.0 Å². The van der Waals surface area contributed by atoms with Crippen LogP contribution in [0.25, 0.3) is 106 Å². The maximum Gasteiger partial charge on any atom is 0.164 e. The SMILES string of the molecule is c1ccc(-c2ccc3c4ccccc4n(-c4ccc(-c5ccccc5)c5c4oc4cccc(-c6nc(-c7ccccc7)nc(-c7ccccc7)n6)c45)c3c2)cc1. The summed E-state index contributed by atoms with van der Waals surface area (Å²) in [6, 6.07) is 67.3. The van der Waals surface area contributed by atoms with E-state index in [0.717, 1.165) is 72.0 Å². The Bertz CT molecular complexity index is 3170. The Balaban J connectivity index is 1.23. The minimum atomic E-state index is 0.583. The van der Waals surface area contributed by atoms with Gasteiger partial charge in [0.25, 0.3) is 0 Å². The molecule has 0 amide bonds. The second-order valence-corrected chi connectivity index (χ2v) is 14.0. The average molecular weight is 717 g/mol. The molecule has 0 unspecified atom stereocenters. The second kappa shape index (κ2) is 13.0. The molecule has 8 aromatic carbocycles. The van der Waals surface area contributed by atoms with Crippen LogP contribution in [0.2, 0.25) is 0 Å². The lowest BCUT2D eigenvalue weighted by molar-refractivity contribution is 0.666. The van der Waals surface area contributed by atoms with Crippen molar-refractivity contribution in [3.63, 3.8) is 0 Å². The van der Waals surface area contributed by atoms with Crippen molar-refractivity contribution in [1.29, 1.82) is 0 Å². The third kappa shape index (κ3) is 5.21. The largest absolute Gasteiger partial charge is 0.454 e. The molecule has 56 heavy (non-hydrogen) atoms. The van der Waals surface area contributed by atoms with E-state index in [4.69, 9.17) is 19.4 Å². The third-order valence-corrected chi connectivity index (χ3v) is 10.7. The lowest BCUT2D eigenvalue weighted by Gasteiger charge is -2.13. The van der Waals surface area contributed by atoms with Gasteiger partial charge in [0.2, 0.25) is 0 Å². The monoisotopic (exact) mass is 716 g/mol. The van der Waals surface area contributed by atoms with Crippen molar-refractivity contribution in [2.24, 2.45) is 0 Å². The Morgan fingerprint density at radius 2 is 0.929 bits per heavy atom. The van der Waals surface area contributed by atoms with Gasteiger partial charge in [-0.1, -0.05) is 170 Å². The van der Waals surface area contributed by atoms with Gasteiger partial charge in [-0.15, -0.1) is 0 Å². The molecule has 0 bridgehead atoms. The lowest BCUT2D eigenvalue weighted by atomic mass is 9.96. The molecule has 3 heterocycles. The molecule has 0 aliphatic carbocycles. The van der Waals surface area contributed by atoms with Crippen molar-refractivity contribution in [3.05, 3.63) is 194 Å². The van der Waals surface area contributed by atoms with Crippen LogP contribution in [-0.4, -0.2) is 19.5 Å². The van der Waals surface area contributed by atoms with E-state index >= 15 is 0 Å². The Morgan fingerprint density at radius 3 is 1.61 bits per heavy atom. The molecule has 0 fully saturated rings. The van der Waals surface area contributed by atoms with Gasteiger partial charge in [0.15, 0.2) is 23.1 Å². The summed E-state index contributed by atoms with van der Waals surface area (Å²) < 4.78 is 9.44. The molecule has 0 atom stereocenters. The van der Waals surface area contributed by atoms with Gasteiger partial charge >= 0.3 is 0 Å². The summed E-state index contributed by atoms with van der Waals surface area (Å²) in [5.74, 6) is 1.81. The van der Waals surface area contributed by atoms with Crippen LogP contribution in [0.3, 0.4) is 0 Å². The summed E-state index contributed by atoms with van der Waals surface area (Å²) in [6.45, 7) is 0. The molecule has 0 aliphatic rings. The zero-order valence-corrected chi connectivity index (χ0v) is 30.2. The Kier molecular flexibility index (Phi) is 7.42. The fraction of sp³-hybridized carbons (Fsp3) is 0. The summed E-state index contributed by atoms with van der Waals surface area (Å²) >= 11 is 0. The summed E-state index contributed by atoms with van der Waals surface area (Å²) in [6.07, 6.45) is 0. The number of nitrogens with zero attached hydrogens (tertiary/aromatic N) is 4. The highest BCUT2D eigenvalue weighted by atomic mass is 16.3. The molecule has 5 heteroatoms. The van der Waals surface area contributed by atoms with E-state index in [-0.39, 0.29) is 0 Å². The van der Waals surface area contributed by atoms with E-state index in [1.54, 1.807) is 0 Å². The number of benzene rings is 8. The van der Waals surface area contributed by atoms with E-state index in [9.17, 15) is 0 Å². The van der Waals surface area contributed by atoms with Crippen molar-refractivity contribution in [2.75, 3.05) is 0 Å². The van der Waals surface area contributed by atoms with Crippen LogP contribution in [0.1, 0.15) is 0 Å². The Labute approximate surface area is 322 Å². The minimum Gasteiger partial charge on any atom is -0.454 e. The molecule has 0 aliphatic heterocycles. The highest BCUT2D eigenvalue weighted by molar-refractivity contribution is 6.20. The fourth-order valence-corrected chi connectivity index (χ4v) is 8.10. The first kappa shape index (κ1) is 31.9. The summed E-state index contributed by atoms with van der Waals surface area (Å²) in [4.78, 5) is 15.3. The van der Waals surface area contributed by atoms with Gasteiger partial charge in [-0.2, -0.15) is 0 Å². The van der Waals surface area contributed by atoms with Crippen LogP contribution in [-0.2, 0) is 0 Å². The first-order chi connectivity index (χ1) is 27.8. The maximum atomic E-state index is 7.08. The van der Waals surface area contributed by atoms with Gasteiger partial charge in [0.1, 0.15) is 5.58 Å². The molecule has 0 saturated carbocycles. The van der Waals surface area contributed by atoms with Gasteiger partial charge in [-0.3, -0.25) is 0 Å². The number of hydrogen-bond acceptors (Lipinski definition) is 4. The standard InChI is InChI=1S/C51H32N4O/c1-5-16-33(17-6-1)37-28-29-40-39-24-13-14-26-42(39)55(44(40)32-37)43-31-30-38(34-18-7-2-8-19-34)47-46-41(25-15-27-45(46)56-48(43)47)51-53-49(35-20-9-3-10-21-35)52-50(54-51)36-22-11-4-12-23-36/h1-32H. The zero-order valence-electron chi connectivity index (χ0n) is 30.2. The van der Waals surface area contributed by atoms with Crippen molar-refractivity contribution in [3.8, 4) is 62.1 Å². The van der Waals surface area contributed by atoms with Crippen LogP contribution in [0.5, 0.6) is 0 Å². The van der Waals surface area contributed by atoms with E-state index < -0.39 is 0 Å². The number of rotatable bonds is 6. The molecule has 11 rings (SSSR count). The quantitative estimate of drug-likeness (QED) is 0.172. The van der Waals surface area contributed by atoms with Gasteiger partial charge in [0.05, 0.1) is 16.7 Å². The number of hydrogen-bond donors (Lipinski definition) is 0. The third-order valence-electron chi connectivity index (χ3n) is 10.7. The molecule has 0 radical (unpaired) electrons. The van der Waals surface area contributed by atoms with Crippen LogP contribution < -0.4 is 0 Å². The normalized spacial score (nSPS) is 11.6. The van der Waals surface area contributed by atoms with E-state index in [0.29, 0.717) is 17.5 Å². The van der Waals surface area contributed by atoms with Crippen LogP contribution >= 0.6 is 0 Å². The van der Waals surface area contributed by atoms with Crippen LogP contribution in [0, 0.1) is 0 Å². The van der Waals surface area contributed by atoms with Crippen molar-refractivity contribution in [2.45, 2.75) is 0 Å². The van der Waals surface area contributed by atoms with Crippen molar-refractivity contribution in [1.82, 2.24) is 19.5 Å². The summed E-state index contributed by atoms with van der Waals surface area (Å²) in [5, 5.41) is 4.33. The van der Waals surface area contributed by atoms with Gasteiger partial charge in [-0.05, 0) is 46.5 Å². The topological polar surface area (TPSA) is 56.7 Å². The number of fused-ring (bicyclic) bond motifs is 6. The number of para-hydroxylation sites is 1. The molecule has 262 valence electrons. The summed E-state index contributed by atoms with van der Waals surface area (Å²) in [7, 11) is 0. The van der Waals surface area contributed by atoms with Crippen LogP contribution in [0.4, 0.5) is 0 Å². The fourth-order valence-electron chi connectivity index (χ4n) is 8.10. The first-order valence-corrected chi connectivity index (χ1v) is 18.8. The van der Waals surface area contributed by atoms with E-state index in [1.165, 1.54) is 16.3 Å². The predicted molar refractivity (Wildman–Crippen MR) is 229 cm³/mol. The van der Waals surface area contributed by atoms with Gasteiger partial charge in [0, 0.05) is 38.2 Å². The molecule has 11 aromatic rings. The molecule has 5 nitrogen and oxygen atoms in total. The average Bonchev–Trinajstić information content (AvgIpc) is 3.83. The van der Waals surface area contributed by atoms with Gasteiger partial charge < -0.3 is 8.98 Å². The molecule has 0 spiro atoms. The maximum absolute atomic E-state index is 7.08. The summed E-state index contributed by atoms with van der Waals surface area (Å²) in [5.41, 5.74) is 12.0. The smallest absolute Gasteiger partial charge is 0.164 e. The molecule has 3 aromatic heterocycles. The highest BCUT2D eigenvalue weighted by Gasteiger charge is 2.24. The van der Waals surface area contributed by atoms with Crippen molar-refractivity contribution >= 4 is 43.7 Å². The zero-order chi connectivity index (χ0) is 37.0. The number of furan rings is 1. The molecule has 0 saturated heterocycles. The van der Waals surface area contributed by atoms with E-state index in [1.807, 2.05) is 72.8 Å². The predicted octanol–water partition coefficient (Wildman–Crippen LogP) is 13.2. The molecular formula is C51H32N4O.